The summed E-state index contributed by atoms with van der Waals surface area (Å²) in [6, 6.07) is 4.22. The molecule has 0 unspecified atom stereocenters. The highest BCUT2D eigenvalue weighted by molar-refractivity contribution is 7.11. The maximum absolute atomic E-state index is 11.1. The summed E-state index contributed by atoms with van der Waals surface area (Å²) in [6.07, 6.45) is 3.01. The van der Waals surface area contributed by atoms with Crippen LogP contribution in [0.15, 0.2) is 41.0 Å². The van der Waals surface area contributed by atoms with Crippen molar-refractivity contribution in [3.05, 3.63) is 36.3 Å². The van der Waals surface area contributed by atoms with Crippen LogP contribution in [0.4, 0.5) is 10.7 Å². The molecule has 0 aliphatic rings. The van der Waals surface area contributed by atoms with Crippen LogP contribution in [0, 0.1) is 0 Å². The molecular formula is C12H8N6O2S. The molecule has 8 nitrogen and oxygen atoms in total. The lowest BCUT2D eigenvalue weighted by molar-refractivity contribution is 0.0998. The quantitative estimate of drug-likeness (QED) is 0.717. The molecule has 1 amide bonds. The van der Waals surface area contributed by atoms with E-state index in [4.69, 9.17) is 5.73 Å². The molecule has 0 aliphatic heterocycles. The zero-order valence-corrected chi connectivity index (χ0v) is 11.3. The highest BCUT2D eigenvalue weighted by Gasteiger charge is 2.09. The van der Waals surface area contributed by atoms with E-state index in [0.717, 1.165) is 11.5 Å². The summed E-state index contributed by atoms with van der Waals surface area (Å²) in [5.74, 6) is -0.931. The number of amides is 1. The predicted molar refractivity (Wildman–Crippen MR) is 76.0 cm³/mol. The van der Waals surface area contributed by atoms with E-state index in [1.165, 1.54) is 24.5 Å². The van der Waals surface area contributed by atoms with Gasteiger partial charge in [0.1, 0.15) is 12.1 Å². The van der Waals surface area contributed by atoms with E-state index >= 15 is 0 Å². The van der Waals surface area contributed by atoms with Gasteiger partial charge < -0.3 is 10.8 Å². The number of nitrogens with two attached hydrogens (primary N) is 1. The van der Waals surface area contributed by atoms with Gasteiger partial charge in [0.05, 0.1) is 16.6 Å². The molecule has 0 atom stereocenters. The molecule has 0 fully saturated rings. The zero-order chi connectivity index (χ0) is 14.8. The van der Waals surface area contributed by atoms with Crippen LogP contribution in [0.3, 0.4) is 0 Å². The van der Waals surface area contributed by atoms with Gasteiger partial charge in [-0.1, -0.05) is 0 Å². The first-order valence-corrected chi connectivity index (χ1v) is 6.52. The summed E-state index contributed by atoms with van der Waals surface area (Å²) in [4.78, 5) is 19.1. The smallest absolute Gasteiger partial charge is 0.252 e. The third-order valence-electron chi connectivity index (χ3n) is 2.64. The minimum atomic E-state index is -0.735. The van der Waals surface area contributed by atoms with Gasteiger partial charge in [-0.15, -0.1) is 10.2 Å². The van der Waals surface area contributed by atoms with Crippen molar-refractivity contribution in [2.24, 2.45) is 16.0 Å². The van der Waals surface area contributed by atoms with Crippen molar-refractivity contribution in [1.29, 1.82) is 0 Å². The van der Waals surface area contributed by atoms with Gasteiger partial charge >= 0.3 is 0 Å². The number of primary amides is 1. The van der Waals surface area contributed by atoms with Gasteiger partial charge in [-0.25, -0.2) is 9.97 Å². The van der Waals surface area contributed by atoms with E-state index in [1.807, 2.05) is 0 Å². The molecule has 21 heavy (non-hydrogen) atoms. The molecule has 0 bridgehead atoms. The van der Waals surface area contributed by atoms with Crippen LogP contribution < -0.4 is 5.73 Å². The third kappa shape index (κ3) is 2.54. The van der Waals surface area contributed by atoms with Gasteiger partial charge in [0.15, 0.2) is 10.6 Å². The van der Waals surface area contributed by atoms with E-state index in [2.05, 4.69) is 24.6 Å². The van der Waals surface area contributed by atoms with Crippen LogP contribution in [0.1, 0.15) is 10.4 Å². The number of aromatic hydroxyl groups is 1. The molecular weight excluding hydrogens is 292 g/mol. The molecule has 0 saturated carbocycles. The van der Waals surface area contributed by atoms with E-state index in [9.17, 15) is 9.90 Å². The van der Waals surface area contributed by atoms with Crippen molar-refractivity contribution in [3.63, 3.8) is 0 Å². The van der Waals surface area contributed by atoms with Gasteiger partial charge in [0.25, 0.3) is 5.91 Å². The molecule has 1 aromatic carbocycles. The molecule has 104 valence electrons. The Hall–Kier alpha value is -2.94. The van der Waals surface area contributed by atoms with Gasteiger partial charge in [0, 0.05) is 6.20 Å². The number of benzene rings is 1. The Balaban J connectivity index is 1.96. The molecule has 0 radical (unpaired) electrons. The van der Waals surface area contributed by atoms with Crippen molar-refractivity contribution < 1.29 is 9.90 Å². The topological polar surface area (TPSA) is 127 Å². The van der Waals surface area contributed by atoms with Crippen molar-refractivity contribution in [2.75, 3.05) is 0 Å². The van der Waals surface area contributed by atoms with Gasteiger partial charge in [-0.05, 0) is 29.7 Å². The van der Waals surface area contributed by atoms with E-state index in [0.29, 0.717) is 21.7 Å². The van der Waals surface area contributed by atoms with Crippen LogP contribution in [-0.2, 0) is 0 Å². The fraction of sp³-hybridized carbons (Fsp3) is 0. The molecule has 2 aromatic heterocycles. The predicted octanol–water partition coefficient (Wildman–Crippen LogP) is 2.31. The first-order chi connectivity index (χ1) is 10.1. The summed E-state index contributed by atoms with van der Waals surface area (Å²) in [5, 5.41) is 18.8. The maximum Gasteiger partial charge on any atom is 0.252 e. The highest BCUT2D eigenvalue weighted by atomic mass is 32.1. The van der Waals surface area contributed by atoms with Crippen molar-refractivity contribution in [2.45, 2.75) is 0 Å². The summed E-state index contributed by atoms with van der Waals surface area (Å²) in [6.45, 7) is 0. The number of aromatic nitrogens is 3. The molecule has 0 saturated heterocycles. The number of azo groups is 1. The molecule has 3 rings (SSSR count). The van der Waals surface area contributed by atoms with Gasteiger partial charge in [-0.2, -0.15) is 4.37 Å². The lowest BCUT2D eigenvalue weighted by Gasteiger charge is -2.00. The van der Waals surface area contributed by atoms with Crippen molar-refractivity contribution in [1.82, 2.24) is 14.3 Å². The highest BCUT2D eigenvalue weighted by Crippen LogP contribution is 2.31. The Morgan fingerprint density at radius 3 is 3.00 bits per heavy atom. The van der Waals surface area contributed by atoms with Crippen LogP contribution in [0.5, 0.6) is 5.75 Å². The number of hydrogen-bond acceptors (Lipinski definition) is 8. The minimum Gasteiger partial charge on any atom is -0.507 e. The summed E-state index contributed by atoms with van der Waals surface area (Å²) >= 11 is 1.14. The third-order valence-corrected chi connectivity index (χ3v) is 3.38. The van der Waals surface area contributed by atoms with E-state index in [-0.39, 0.29) is 11.3 Å². The first kappa shape index (κ1) is 13.1. The molecule has 9 heteroatoms. The van der Waals surface area contributed by atoms with Crippen molar-refractivity contribution >= 4 is 39.2 Å². The number of fused-ring (bicyclic) bond motifs is 1. The Labute approximate surface area is 122 Å². The maximum atomic E-state index is 11.1. The first-order valence-electron chi connectivity index (χ1n) is 5.75. The zero-order valence-electron chi connectivity index (χ0n) is 10.5. The Morgan fingerprint density at radius 2 is 2.19 bits per heavy atom. The van der Waals surface area contributed by atoms with Crippen LogP contribution >= 0.6 is 11.5 Å². The molecule has 3 aromatic rings. The standard InChI is InChI=1S/C12H8N6O2S/c13-10(20)7-3-6(1-2-9(7)19)16-17-12-8-4-14-5-15-11(8)18-21-12/h1-5,19H,(H2,13,20). The molecule has 2 heterocycles. The SMILES string of the molecule is NC(=O)c1cc(N=Nc2snc3ncncc23)ccc1O. The average Bonchev–Trinajstić information content (AvgIpc) is 2.89. The number of nitrogens with zero attached hydrogens (tertiary/aromatic N) is 5. The number of rotatable bonds is 3. The lowest BCUT2D eigenvalue weighted by atomic mass is 10.2. The van der Waals surface area contributed by atoms with Gasteiger partial charge in [-0.3, -0.25) is 4.79 Å². The van der Waals surface area contributed by atoms with Crippen LogP contribution in [0.25, 0.3) is 11.0 Å². The summed E-state index contributed by atoms with van der Waals surface area (Å²) < 4.78 is 4.11. The van der Waals surface area contributed by atoms with Crippen LogP contribution in [-0.4, -0.2) is 25.4 Å². The number of carbonyl (C=O) groups is 1. The lowest BCUT2D eigenvalue weighted by Crippen LogP contribution is -2.10. The second-order valence-corrected chi connectivity index (χ2v) is 4.77. The van der Waals surface area contributed by atoms with E-state index in [1.54, 1.807) is 6.20 Å². The largest absolute Gasteiger partial charge is 0.507 e. The second-order valence-electron chi connectivity index (χ2n) is 4.01. The number of phenols is 1. The minimum absolute atomic E-state index is 0.0102. The monoisotopic (exact) mass is 300 g/mol. The molecule has 0 spiro atoms. The fourth-order valence-corrected chi connectivity index (χ4v) is 2.28. The molecule has 3 N–H and O–H groups in total. The van der Waals surface area contributed by atoms with Crippen LogP contribution in [0.2, 0.25) is 0 Å². The Kier molecular flexibility index (Phi) is 3.24. The fourth-order valence-electron chi connectivity index (χ4n) is 1.64. The summed E-state index contributed by atoms with van der Waals surface area (Å²) in [5.41, 5.74) is 6.08. The van der Waals surface area contributed by atoms with Gasteiger partial charge in [0.2, 0.25) is 0 Å². The Morgan fingerprint density at radius 1 is 1.33 bits per heavy atom. The number of hydrogen-bond donors (Lipinski definition) is 2. The number of carbonyl (C=O) groups excluding carboxylic acids is 1. The average molecular weight is 300 g/mol. The van der Waals surface area contributed by atoms with Crippen molar-refractivity contribution in [3.8, 4) is 5.75 Å². The second kappa shape index (κ2) is 5.21. The molecule has 0 aliphatic carbocycles. The van der Waals surface area contributed by atoms with E-state index < -0.39 is 5.91 Å². The normalized spacial score (nSPS) is 11.2. The summed E-state index contributed by atoms with van der Waals surface area (Å²) in [7, 11) is 0. The Bertz CT molecular complexity index is 860.